The summed E-state index contributed by atoms with van der Waals surface area (Å²) in [5.41, 5.74) is 3.22. The number of phenolic OH excluding ortho intramolecular Hbond substituents is 1. The molecule has 0 unspecified atom stereocenters. The molecule has 1 aromatic heterocycles. The molecule has 0 radical (unpaired) electrons. The molecule has 2 aromatic carbocycles. The van der Waals surface area contributed by atoms with Gasteiger partial charge in [0.05, 0.1) is 16.8 Å². The summed E-state index contributed by atoms with van der Waals surface area (Å²) in [7, 11) is 0. The molecule has 0 bridgehead atoms. The van der Waals surface area contributed by atoms with Crippen LogP contribution in [0.5, 0.6) is 11.5 Å². The summed E-state index contributed by atoms with van der Waals surface area (Å²) >= 11 is 1.66. The minimum atomic E-state index is 0.162. The number of ether oxygens (including phenoxy) is 1. The Morgan fingerprint density at radius 1 is 1.18 bits per heavy atom. The molecule has 3 aromatic rings. The molecule has 0 atom stereocenters. The molecule has 0 aliphatic carbocycles. The number of aromatic hydroxyl groups is 1. The maximum Gasteiger partial charge on any atom is 0.161 e. The van der Waals surface area contributed by atoms with Crippen LogP contribution in [0.15, 0.2) is 36.4 Å². The number of fused-ring (bicyclic) bond motifs is 1. The van der Waals surface area contributed by atoms with Gasteiger partial charge < -0.3 is 9.84 Å². The highest BCUT2D eigenvalue weighted by atomic mass is 32.1. The van der Waals surface area contributed by atoms with Crippen molar-refractivity contribution in [3.05, 3.63) is 52.5 Å². The van der Waals surface area contributed by atoms with Crippen LogP contribution in [0.4, 0.5) is 0 Å². The van der Waals surface area contributed by atoms with Gasteiger partial charge in [0.1, 0.15) is 5.01 Å². The molecule has 0 saturated carbocycles. The number of hydrogen-bond acceptors (Lipinski definition) is 4. The van der Waals surface area contributed by atoms with Crippen LogP contribution in [0.2, 0.25) is 0 Å². The monoisotopic (exact) mass is 311 g/mol. The van der Waals surface area contributed by atoms with E-state index >= 15 is 0 Å². The van der Waals surface area contributed by atoms with Gasteiger partial charge in [0, 0.05) is 0 Å². The molecule has 112 valence electrons. The van der Waals surface area contributed by atoms with Crippen molar-refractivity contribution in [1.82, 2.24) is 4.98 Å². The van der Waals surface area contributed by atoms with Crippen LogP contribution in [0.1, 0.15) is 23.1 Å². The van der Waals surface area contributed by atoms with E-state index in [1.807, 2.05) is 31.2 Å². The Bertz CT molecular complexity index is 836. The average Bonchev–Trinajstić information content (AvgIpc) is 2.90. The van der Waals surface area contributed by atoms with Crippen molar-refractivity contribution in [2.24, 2.45) is 0 Å². The first-order valence-corrected chi connectivity index (χ1v) is 7.98. The first-order chi connectivity index (χ1) is 10.7. The lowest BCUT2D eigenvalue weighted by molar-refractivity contribution is 0.318. The van der Waals surface area contributed by atoms with E-state index in [1.165, 1.54) is 10.3 Å². The maximum absolute atomic E-state index is 9.71. The van der Waals surface area contributed by atoms with Gasteiger partial charge in [0.15, 0.2) is 11.5 Å². The SMILES string of the molecule is CCOc1cc(C=Cc2nc3cc(C)ccc3s2)ccc1O. The molecule has 0 aliphatic heterocycles. The summed E-state index contributed by atoms with van der Waals surface area (Å²) in [5, 5.41) is 10.7. The van der Waals surface area contributed by atoms with Gasteiger partial charge in [0.25, 0.3) is 0 Å². The van der Waals surface area contributed by atoms with Crippen molar-refractivity contribution in [1.29, 1.82) is 0 Å². The Hall–Kier alpha value is -2.33. The van der Waals surface area contributed by atoms with E-state index in [4.69, 9.17) is 4.74 Å². The Labute approximate surface area is 133 Å². The van der Waals surface area contributed by atoms with Gasteiger partial charge in [-0.2, -0.15) is 0 Å². The summed E-state index contributed by atoms with van der Waals surface area (Å²) in [5.74, 6) is 0.666. The minimum Gasteiger partial charge on any atom is -0.504 e. The van der Waals surface area contributed by atoms with Gasteiger partial charge >= 0.3 is 0 Å². The largest absolute Gasteiger partial charge is 0.504 e. The maximum atomic E-state index is 9.71. The number of thiazole rings is 1. The molecular formula is C18H17NO2S. The third kappa shape index (κ3) is 3.12. The summed E-state index contributed by atoms with van der Waals surface area (Å²) in [6, 6.07) is 11.6. The molecule has 0 spiro atoms. The first-order valence-electron chi connectivity index (χ1n) is 7.17. The average molecular weight is 311 g/mol. The molecule has 1 N–H and O–H groups in total. The standard InChI is InChI=1S/C18H17NO2S/c1-3-21-16-11-13(5-7-15(16)20)6-9-18-19-14-10-12(2)4-8-17(14)22-18/h4-11,20H,3H2,1-2H3. The second-order valence-corrected chi connectivity index (χ2v) is 6.08. The van der Waals surface area contributed by atoms with Crippen molar-refractivity contribution in [2.45, 2.75) is 13.8 Å². The predicted molar refractivity (Wildman–Crippen MR) is 92.6 cm³/mol. The van der Waals surface area contributed by atoms with E-state index in [9.17, 15) is 5.11 Å². The summed E-state index contributed by atoms with van der Waals surface area (Å²) in [6.07, 6.45) is 3.97. The van der Waals surface area contributed by atoms with E-state index in [0.717, 1.165) is 16.1 Å². The van der Waals surface area contributed by atoms with Gasteiger partial charge in [-0.25, -0.2) is 4.98 Å². The third-order valence-corrected chi connectivity index (χ3v) is 4.26. The smallest absolute Gasteiger partial charge is 0.161 e. The van der Waals surface area contributed by atoms with Gasteiger partial charge in [-0.3, -0.25) is 0 Å². The molecule has 0 aliphatic rings. The minimum absolute atomic E-state index is 0.162. The van der Waals surface area contributed by atoms with Gasteiger partial charge in [-0.1, -0.05) is 18.2 Å². The van der Waals surface area contributed by atoms with Gasteiger partial charge in [-0.15, -0.1) is 11.3 Å². The molecule has 1 heterocycles. The predicted octanol–water partition coefficient (Wildman–Crippen LogP) is 4.88. The van der Waals surface area contributed by atoms with Crippen LogP contribution in [0, 0.1) is 6.92 Å². The fourth-order valence-corrected chi connectivity index (χ4v) is 3.05. The molecular weight excluding hydrogens is 294 g/mol. The van der Waals surface area contributed by atoms with Crippen LogP contribution in [-0.2, 0) is 0 Å². The highest BCUT2D eigenvalue weighted by Gasteiger charge is 2.03. The molecule has 4 heteroatoms. The number of aryl methyl sites for hydroxylation is 1. The molecule has 0 fully saturated rings. The second-order valence-electron chi connectivity index (χ2n) is 5.02. The highest BCUT2D eigenvalue weighted by molar-refractivity contribution is 7.19. The molecule has 0 amide bonds. The summed E-state index contributed by atoms with van der Waals surface area (Å²) < 4.78 is 6.58. The van der Waals surface area contributed by atoms with Crippen molar-refractivity contribution in [2.75, 3.05) is 6.61 Å². The van der Waals surface area contributed by atoms with Crippen molar-refractivity contribution >= 4 is 33.7 Å². The van der Waals surface area contributed by atoms with Gasteiger partial charge in [0.2, 0.25) is 0 Å². The van der Waals surface area contributed by atoms with Crippen LogP contribution < -0.4 is 4.74 Å². The Kier molecular flexibility index (Phi) is 4.11. The Morgan fingerprint density at radius 2 is 2.05 bits per heavy atom. The Balaban J connectivity index is 1.87. The topological polar surface area (TPSA) is 42.4 Å². The lowest BCUT2D eigenvalue weighted by atomic mass is 10.2. The van der Waals surface area contributed by atoms with Gasteiger partial charge in [-0.05, 0) is 55.3 Å². The van der Waals surface area contributed by atoms with Crippen molar-refractivity contribution in [3.8, 4) is 11.5 Å². The summed E-state index contributed by atoms with van der Waals surface area (Å²) in [6.45, 7) is 4.49. The molecule has 3 nitrogen and oxygen atoms in total. The molecule has 3 rings (SSSR count). The van der Waals surface area contributed by atoms with E-state index in [2.05, 4.69) is 30.1 Å². The Morgan fingerprint density at radius 3 is 2.86 bits per heavy atom. The quantitative estimate of drug-likeness (QED) is 0.746. The lowest BCUT2D eigenvalue weighted by Gasteiger charge is -2.05. The first kappa shape index (κ1) is 14.6. The number of phenols is 1. The van der Waals surface area contributed by atoms with E-state index in [-0.39, 0.29) is 5.75 Å². The normalized spacial score (nSPS) is 11.4. The van der Waals surface area contributed by atoms with Crippen LogP contribution in [0.25, 0.3) is 22.4 Å². The zero-order chi connectivity index (χ0) is 15.5. The third-order valence-electron chi connectivity index (χ3n) is 3.26. The van der Waals surface area contributed by atoms with E-state index in [0.29, 0.717) is 12.4 Å². The number of benzene rings is 2. The number of hydrogen-bond donors (Lipinski definition) is 1. The molecule has 22 heavy (non-hydrogen) atoms. The van der Waals surface area contributed by atoms with E-state index < -0.39 is 0 Å². The molecule has 0 saturated heterocycles. The highest BCUT2D eigenvalue weighted by Crippen LogP contribution is 2.28. The second kappa shape index (κ2) is 6.20. The lowest BCUT2D eigenvalue weighted by Crippen LogP contribution is -1.91. The zero-order valence-corrected chi connectivity index (χ0v) is 13.4. The number of nitrogens with zero attached hydrogens (tertiary/aromatic N) is 1. The number of rotatable bonds is 4. The number of aromatic nitrogens is 1. The fraction of sp³-hybridized carbons (Fsp3) is 0.167. The summed E-state index contributed by atoms with van der Waals surface area (Å²) in [4.78, 5) is 4.62. The van der Waals surface area contributed by atoms with Crippen LogP contribution in [0.3, 0.4) is 0 Å². The van der Waals surface area contributed by atoms with Crippen LogP contribution in [-0.4, -0.2) is 16.7 Å². The zero-order valence-electron chi connectivity index (χ0n) is 12.5. The van der Waals surface area contributed by atoms with Crippen molar-refractivity contribution < 1.29 is 9.84 Å². The van der Waals surface area contributed by atoms with Crippen molar-refractivity contribution in [3.63, 3.8) is 0 Å². The van der Waals surface area contributed by atoms with Crippen LogP contribution >= 0.6 is 11.3 Å². The van der Waals surface area contributed by atoms with E-state index in [1.54, 1.807) is 17.4 Å². The fourth-order valence-electron chi connectivity index (χ4n) is 2.20.